The summed E-state index contributed by atoms with van der Waals surface area (Å²) in [5.74, 6) is -0.717. The fraction of sp³-hybridized carbons (Fsp3) is 0.615. The van der Waals surface area contributed by atoms with Crippen molar-refractivity contribution in [3.63, 3.8) is 0 Å². The van der Waals surface area contributed by atoms with Gasteiger partial charge in [0, 0.05) is 121 Å². The van der Waals surface area contributed by atoms with Crippen LogP contribution in [0.15, 0.2) is 36.8 Å². The molecule has 6 fully saturated rings. The molecule has 0 spiro atoms. The summed E-state index contributed by atoms with van der Waals surface area (Å²) in [6.07, 6.45) is 14.2. The second-order valence-electron chi connectivity index (χ2n) is 21.0. The summed E-state index contributed by atoms with van der Waals surface area (Å²) < 4.78 is 6.99. The van der Waals surface area contributed by atoms with Crippen LogP contribution in [0.3, 0.4) is 0 Å². The summed E-state index contributed by atoms with van der Waals surface area (Å²) in [5.41, 5.74) is 2.53. The summed E-state index contributed by atoms with van der Waals surface area (Å²) in [5, 5.41) is 13.1. The molecular formula is C52H69N13O8. The molecule has 6 amide bonds. The van der Waals surface area contributed by atoms with Crippen LogP contribution in [0, 0.1) is 17.8 Å². The molecule has 0 radical (unpaired) electrons. The molecule has 73 heavy (non-hydrogen) atoms. The van der Waals surface area contributed by atoms with Gasteiger partial charge >= 0.3 is 5.97 Å². The van der Waals surface area contributed by atoms with Gasteiger partial charge in [0.2, 0.25) is 29.6 Å². The summed E-state index contributed by atoms with van der Waals surface area (Å²) in [6.45, 7) is 11.0. The quantitative estimate of drug-likeness (QED) is 0.156. The second-order valence-corrected chi connectivity index (χ2v) is 21.0. The number of hydrogen-bond acceptors (Lipinski definition) is 16. The van der Waals surface area contributed by atoms with Gasteiger partial charge in [-0.2, -0.15) is 10.1 Å². The van der Waals surface area contributed by atoms with Crippen LogP contribution in [-0.4, -0.2) is 182 Å². The number of amides is 6. The molecule has 7 heterocycles. The van der Waals surface area contributed by atoms with Crippen LogP contribution in [0.2, 0.25) is 0 Å². The van der Waals surface area contributed by atoms with Gasteiger partial charge < -0.3 is 30.1 Å². The Balaban J connectivity index is 0.611. The number of nitrogens with one attached hydrogen (secondary N) is 3. The molecule has 1 unspecified atom stereocenters. The summed E-state index contributed by atoms with van der Waals surface area (Å²) >= 11 is 0. The second kappa shape index (κ2) is 21.9. The number of piperidine rings is 1. The van der Waals surface area contributed by atoms with E-state index in [1.165, 1.54) is 6.20 Å². The van der Waals surface area contributed by atoms with Crippen molar-refractivity contribution in [1.82, 2.24) is 49.6 Å². The molecule has 2 saturated carbocycles. The number of rotatable bonds is 14. The third kappa shape index (κ3) is 11.1. The topological polar surface area (TPSA) is 228 Å². The van der Waals surface area contributed by atoms with Gasteiger partial charge in [-0.25, -0.2) is 9.78 Å². The van der Waals surface area contributed by atoms with E-state index in [-0.39, 0.29) is 54.7 Å². The highest BCUT2D eigenvalue weighted by atomic mass is 16.5. The molecule has 2 aliphatic carbocycles. The van der Waals surface area contributed by atoms with E-state index >= 15 is 0 Å². The summed E-state index contributed by atoms with van der Waals surface area (Å²) in [4.78, 5) is 112. The van der Waals surface area contributed by atoms with Crippen molar-refractivity contribution in [3.05, 3.63) is 53.5 Å². The minimum atomic E-state index is -0.982. The molecule has 7 aliphatic rings. The highest BCUT2D eigenvalue weighted by Crippen LogP contribution is 2.35. The maximum Gasteiger partial charge on any atom is 0.343 e. The Morgan fingerprint density at radius 2 is 1.47 bits per heavy atom. The number of nitrogens with zero attached hydrogens (tertiary/aromatic N) is 10. The largest absolute Gasteiger partial charge is 0.462 e. The fourth-order valence-electron chi connectivity index (χ4n) is 12.2. The normalized spacial score (nSPS) is 26.2. The Morgan fingerprint density at radius 3 is 2.12 bits per heavy atom. The minimum Gasteiger partial charge on any atom is -0.462 e. The van der Waals surface area contributed by atoms with Crippen molar-refractivity contribution in [2.24, 2.45) is 24.8 Å². The Hall–Kier alpha value is -6.48. The van der Waals surface area contributed by atoms with Crippen LogP contribution in [0.25, 0.3) is 0 Å². The molecule has 3 aromatic rings. The third-order valence-corrected chi connectivity index (χ3v) is 16.5. The number of piperazine rings is 2. The molecular weight excluding hydrogens is 935 g/mol. The third-order valence-electron chi connectivity index (χ3n) is 16.5. The lowest BCUT2D eigenvalue weighted by molar-refractivity contribution is -0.143. The van der Waals surface area contributed by atoms with E-state index in [4.69, 9.17) is 4.74 Å². The highest BCUT2D eigenvalue weighted by Gasteiger charge is 2.45. The molecule has 3 N–H and O–H groups in total. The first-order valence-corrected chi connectivity index (χ1v) is 26.6. The van der Waals surface area contributed by atoms with E-state index in [0.29, 0.717) is 34.9 Å². The van der Waals surface area contributed by atoms with E-state index in [2.05, 4.69) is 50.6 Å². The Bertz CT molecular complexity index is 2570. The number of carbonyl (C=O) groups is 7. The highest BCUT2D eigenvalue weighted by molar-refractivity contribution is 6.23. The number of benzene rings is 1. The summed E-state index contributed by atoms with van der Waals surface area (Å²) in [6, 6.07) is 4.93. The molecule has 21 nitrogen and oxygen atoms in total. The molecule has 10 rings (SSSR count). The van der Waals surface area contributed by atoms with Gasteiger partial charge in [0.25, 0.3) is 11.8 Å². The van der Waals surface area contributed by atoms with Gasteiger partial charge in [-0.1, -0.05) is 0 Å². The van der Waals surface area contributed by atoms with Gasteiger partial charge in [0.05, 0.1) is 29.6 Å². The Morgan fingerprint density at radius 1 is 0.781 bits per heavy atom. The standard InChI is InChI=1S/C52H69N13O8/c1-3-73-51(72)42-30-53-52(56-37-29-54-59(2)32-37)58-45(42)55-36-8-10-38(11-9-36)61-24-26-63(27-25-61)48(69)35-6-4-34(5-7-35)47(68)62-22-20-60(21-23-62)18-16-33-17-19-64(31-33)39-12-13-40-41(28-39)50(71)65(49(40)70)43-14-15-44(66)57-46(43)67/h12-13,28-30,32-36,38,43H,3-11,14-27,31H2,1-2H3,(H,57,66,67)(H2,53,55,56,58)/t33-,34?,35?,36?,38?,43?/m1/s1. The van der Waals surface area contributed by atoms with Crippen molar-refractivity contribution in [1.29, 1.82) is 0 Å². The molecule has 2 aromatic heterocycles. The Kier molecular flexibility index (Phi) is 15.0. The fourth-order valence-corrected chi connectivity index (χ4v) is 12.2. The number of fused-ring (bicyclic) bond motifs is 1. The van der Waals surface area contributed by atoms with Gasteiger partial charge in [0.1, 0.15) is 17.4 Å². The lowest BCUT2D eigenvalue weighted by Gasteiger charge is -2.43. The van der Waals surface area contributed by atoms with E-state index in [0.717, 1.165) is 152 Å². The number of aromatic nitrogens is 4. The van der Waals surface area contributed by atoms with Crippen molar-refractivity contribution >= 4 is 64.6 Å². The van der Waals surface area contributed by atoms with Crippen molar-refractivity contribution in [3.8, 4) is 0 Å². The first-order valence-electron chi connectivity index (χ1n) is 26.6. The lowest BCUT2D eigenvalue weighted by atomic mass is 9.80. The van der Waals surface area contributed by atoms with Gasteiger partial charge in [-0.3, -0.25) is 53.5 Å². The molecule has 1 aromatic carbocycles. The predicted octanol–water partition coefficient (Wildman–Crippen LogP) is 3.27. The number of anilines is 4. The molecule has 5 aliphatic heterocycles. The van der Waals surface area contributed by atoms with Crippen LogP contribution in [0.5, 0.6) is 0 Å². The monoisotopic (exact) mass is 1000 g/mol. The van der Waals surface area contributed by atoms with Crippen molar-refractivity contribution in [2.45, 2.75) is 102 Å². The van der Waals surface area contributed by atoms with Crippen molar-refractivity contribution in [2.75, 3.05) is 94.1 Å². The van der Waals surface area contributed by atoms with E-state index in [9.17, 15) is 33.6 Å². The molecule has 21 heteroatoms. The van der Waals surface area contributed by atoms with E-state index in [1.54, 1.807) is 29.9 Å². The van der Waals surface area contributed by atoms with Crippen LogP contribution in [-0.2, 0) is 31.0 Å². The Labute approximate surface area is 425 Å². The number of carbonyl (C=O) groups excluding carboxylic acids is 7. The van der Waals surface area contributed by atoms with E-state index < -0.39 is 35.6 Å². The van der Waals surface area contributed by atoms with Crippen LogP contribution in [0.1, 0.15) is 115 Å². The van der Waals surface area contributed by atoms with E-state index in [1.807, 2.05) is 24.2 Å². The smallest absolute Gasteiger partial charge is 0.343 e. The van der Waals surface area contributed by atoms with Crippen molar-refractivity contribution < 1.29 is 38.3 Å². The first-order chi connectivity index (χ1) is 35.4. The number of esters is 1. The molecule has 4 saturated heterocycles. The summed E-state index contributed by atoms with van der Waals surface area (Å²) in [7, 11) is 1.83. The molecule has 2 atom stereocenters. The number of ether oxygens (including phenoxy) is 1. The number of aryl methyl sites for hydroxylation is 1. The maximum atomic E-state index is 13.8. The van der Waals surface area contributed by atoms with Gasteiger partial charge in [-0.05, 0) is 108 Å². The van der Waals surface area contributed by atoms with Crippen LogP contribution < -0.4 is 20.9 Å². The zero-order valence-electron chi connectivity index (χ0n) is 42.1. The molecule has 390 valence electrons. The number of imide groups is 2. The average Bonchev–Trinajstić information content (AvgIpc) is 4.13. The van der Waals surface area contributed by atoms with Crippen LogP contribution >= 0.6 is 0 Å². The maximum absolute atomic E-state index is 13.8. The zero-order chi connectivity index (χ0) is 50.8. The SMILES string of the molecule is CCOC(=O)c1cnc(Nc2cnn(C)c2)nc1NC1CCC(N2CCN(C(=O)C3CCC(C(=O)N4CCN(CC[C@@H]5CCN(c6ccc7c(c6)C(=O)N(C6CCC(=O)NC6=O)C7=O)C5)CC4)CC3)CC2)CC1. The number of hydrogen-bond donors (Lipinski definition) is 3. The average molecular weight is 1000 g/mol. The first kappa shape index (κ1) is 50.1. The van der Waals surface area contributed by atoms with Crippen LogP contribution in [0.4, 0.5) is 23.1 Å². The minimum absolute atomic E-state index is 0.0217. The van der Waals surface area contributed by atoms with Gasteiger partial charge in [0.15, 0.2) is 0 Å². The molecule has 0 bridgehead atoms. The zero-order valence-corrected chi connectivity index (χ0v) is 42.1. The predicted molar refractivity (Wildman–Crippen MR) is 269 cm³/mol. The van der Waals surface area contributed by atoms with Gasteiger partial charge in [-0.15, -0.1) is 0 Å². The lowest BCUT2D eigenvalue weighted by Crippen LogP contribution is -2.54.